The molecule has 0 aliphatic rings. The lowest BCUT2D eigenvalue weighted by Crippen LogP contribution is -2.14. The normalized spacial score (nSPS) is 10.7. The summed E-state index contributed by atoms with van der Waals surface area (Å²) in [6, 6.07) is 8.02. The lowest BCUT2D eigenvalue weighted by Gasteiger charge is -2.17. The van der Waals surface area contributed by atoms with Crippen molar-refractivity contribution in [2.24, 2.45) is 0 Å². The summed E-state index contributed by atoms with van der Waals surface area (Å²) in [5, 5.41) is 0. The van der Waals surface area contributed by atoms with E-state index in [-0.39, 0.29) is 0 Å². The molecule has 4 heteroatoms. The molecule has 0 aliphatic carbocycles. The summed E-state index contributed by atoms with van der Waals surface area (Å²) in [5.74, 6) is 0.892. The first-order valence-corrected chi connectivity index (χ1v) is 8.30. The summed E-state index contributed by atoms with van der Waals surface area (Å²) in [6.07, 6.45) is 4.97. The molecule has 1 aromatic rings. The topological polar surface area (TPSA) is 30.9 Å². The van der Waals surface area contributed by atoms with Gasteiger partial charge in [-0.3, -0.25) is 0 Å². The van der Waals surface area contributed by atoms with Crippen LogP contribution in [0, 0.1) is 0 Å². The fourth-order valence-corrected chi connectivity index (χ4v) is 2.11. The number of benzene rings is 1. The predicted molar refractivity (Wildman–Crippen MR) is 92.0 cm³/mol. The van der Waals surface area contributed by atoms with E-state index in [1.807, 2.05) is 43.3 Å². The monoisotopic (exact) mass is 309 g/mol. The molecule has 4 nitrogen and oxygen atoms in total. The highest BCUT2D eigenvalue weighted by Gasteiger charge is 2.03. The first kappa shape index (κ1) is 18.8. The van der Waals surface area contributed by atoms with Gasteiger partial charge in [-0.2, -0.15) is 0 Å². The van der Waals surface area contributed by atoms with E-state index < -0.39 is 0 Å². The molecule has 1 aromatic carbocycles. The van der Waals surface area contributed by atoms with Crippen LogP contribution in [0.5, 0.6) is 5.75 Å². The van der Waals surface area contributed by atoms with Gasteiger partial charge in [-0.25, -0.2) is 0 Å². The average molecular weight is 309 g/mol. The maximum absolute atomic E-state index is 5.76. The molecular formula is C18H31NO3. The third-order valence-electron chi connectivity index (χ3n) is 3.35. The fraction of sp³-hybridized carbons (Fsp3) is 0.667. The molecule has 0 atom stereocenters. The minimum absolute atomic E-state index is 0.557. The Morgan fingerprint density at radius 3 is 2.23 bits per heavy atom. The van der Waals surface area contributed by atoms with Crippen molar-refractivity contribution >= 4 is 5.69 Å². The molecule has 0 unspecified atom stereocenters. The SMILES string of the molecule is CCCCCCOCCOCCOc1ccccc1N(C)C. The van der Waals surface area contributed by atoms with Crippen LogP contribution in [0.1, 0.15) is 32.6 Å². The van der Waals surface area contributed by atoms with Crippen molar-refractivity contribution in [3.05, 3.63) is 24.3 Å². The number of anilines is 1. The fourth-order valence-electron chi connectivity index (χ4n) is 2.11. The molecule has 0 saturated heterocycles. The Balaban J connectivity index is 2.00. The van der Waals surface area contributed by atoms with Crippen molar-refractivity contribution in [3.8, 4) is 5.75 Å². The summed E-state index contributed by atoms with van der Waals surface area (Å²) < 4.78 is 16.8. The van der Waals surface area contributed by atoms with Crippen molar-refractivity contribution in [1.82, 2.24) is 0 Å². The van der Waals surface area contributed by atoms with Crippen LogP contribution in [-0.4, -0.2) is 47.1 Å². The molecule has 0 N–H and O–H groups in total. The molecular weight excluding hydrogens is 278 g/mol. The second kappa shape index (κ2) is 12.3. The van der Waals surface area contributed by atoms with Gasteiger partial charge in [-0.1, -0.05) is 38.3 Å². The van der Waals surface area contributed by atoms with Crippen molar-refractivity contribution in [2.75, 3.05) is 52.0 Å². The van der Waals surface area contributed by atoms with Crippen molar-refractivity contribution in [3.63, 3.8) is 0 Å². The molecule has 0 heterocycles. The average Bonchev–Trinajstić information content (AvgIpc) is 2.53. The molecule has 0 saturated carbocycles. The highest BCUT2D eigenvalue weighted by Crippen LogP contribution is 2.25. The Bertz CT molecular complexity index is 382. The van der Waals surface area contributed by atoms with Gasteiger partial charge in [0.15, 0.2) is 0 Å². The lowest BCUT2D eigenvalue weighted by atomic mass is 10.2. The minimum atomic E-state index is 0.557. The van der Waals surface area contributed by atoms with Crippen LogP contribution in [-0.2, 0) is 9.47 Å². The summed E-state index contributed by atoms with van der Waals surface area (Å²) in [7, 11) is 4.02. The minimum Gasteiger partial charge on any atom is -0.489 e. The zero-order chi connectivity index (χ0) is 16.0. The van der Waals surface area contributed by atoms with Gasteiger partial charge >= 0.3 is 0 Å². The van der Waals surface area contributed by atoms with E-state index in [0.29, 0.717) is 26.4 Å². The van der Waals surface area contributed by atoms with Crippen LogP contribution >= 0.6 is 0 Å². The van der Waals surface area contributed by atoms with E-state index in [2.05, 4.69) is 6.92 Å². The standard InChI is InChI=1S/C18H31NO3/c1-4-5-6-9-12-20-13-14-21-15-16-22-18-11-8-7-10-17(18)19(2)3/h7-8,10-11H,4-6,9,12-16H2,1-3H3. The number of unbranched alkanes of at least 4 members (excludes halogenated alkanes) is 3. The van der Waals surface area contributed by atoms with Gasteiger partial charge in [0.1, 0.15) is 12.4 Å². The summed E-state index contributed by atoms with van der Waals surface area (Å²) in [4.78, 5) is 2.04. The summed E-state index contributed by atoms with van der Waals surface area (Å²) in [6.45, 7) is 5.50. The van der Waals surface area contributed by atoms with E-state index in [1.54, 1.807) is 0 Å². The quantitative estimate of drug-likeness (QED) is 0.519. The molecule has 1 rings (SSSR count). The Kier molecular flexibility index (Phi) is 10.5. The van der Waals surface area contributed by atoms with E-state index in [1.165, 1.54) is 19.3 Å². The van der Waals surface area contributed by atoms with E-state index >= 15 is 0 Å². The molecule has 0 bridgehead atoms. The van der Waals surface area contributed by atoms with Crippen molar-refractivity contribution in [2.45, 2.75) is 32.6 Å². The van der Waals surface area contributed by atoms with Gasteiger partial charge < -0.3 is 19.1 Å². The molecule has 0 spiro atoms. The van der Waals surface area contributed by atoms with E-state index in [0.717, 1.165) is 24.5 Å². The highest BCUT2D eigenvalue weighted by molar-refractivity contribution is 5.57. The van der Waals surface area contributed by atoms with Gasteiger partial charge in [0.2, 0.25) is 0 Å². The Morgan fingerprint density at radius 2 is 1.50 bits per heavy atom. The van der Waals surface area contributed by atoms with Crippen LogP contribution in [0.4, 0.5) is 5.69 Å². The number of hydrogen-bond acceptors (Lipinski definition) is 4. The molecule has 0 radical (unpaired) electrons. The van der Waals surface area contributed by atoms with Gasteiger partial charge in [-0.15, -0.1) is 0 Å². The van der Waals surface area contributed by atoms with E-state index in [9.17, 15) is 0 Å². The van der Waals surface area contributed by atoms with E-state index in [4.69, 9.17) is 14.2 Å². The second-order valence-electron chi connectivity index (χ2n) is 5.50. The predicted octanol–water partition coefficient (Wildman–Crippen LogP) is 3.74. The highest BCUT2D eigenvalue weighted by atomic mass is 16.5. The summed E-state index contributed by atoms with van der Waals surface area (Å²) in [5.41, 5.74) is 1.08. The molecule has 0 amide bonds. The van der Waals surface area contributed by atoms with Crippen LogP contribution in [0.2, 0.25) is 0 Å². The number of ether oxygens (including phenoxy) is 3. The zero-order valence-corrected chi connectivity index (χ0v) is 14.3. The van der Waals surface area contributed by atoms with Crippen LogP contribution in [0.25, 0.3) is 0 Å². The Labute approximate surface area is 135 Å². The number of para-hydroxylation sites is 2. The molecule has 126 valence electrons. The molecule has 0 aromatic heterocycles. The number of hydrogen-bond donors (Lipinski definition) is 0. The van der Waals surface area contributed by atoms with Crippen LogP contribution < -0.4 is 9.64 Å². The van der Waals surface area contributed by atoms with Gasteiger partial charge in [0.25, 0.3) is 0 Å². The van der Waals surface area contributed by atoms with Gasteiger partial charge in [0, 0.05) is 20.7 Å². The smallest absolute Gasteiger partial charge is 0.142 e. The number of nitrogens with zero attached hydrogens (tertiary/aromatic N) is 1. The number of rotatable bonds is 13. The third-order valence-corrected chi connectivity index (χ3v) is 3.35. The Hall–Kier alpha value is -1.26. The molecule has 0 fully saturated rings. The maximum atomic E-state index is 5.76. The second-order valence-corrected chi connectivity index (χ2v) is 5.50. The van der Waals surface area contributed by atoms with Gasteiger partial charge in [0.05, 0.1) is 25.5 Å². The van der Waals surface area contributed by atoms with Crippen LogP contribution in [0.15, 0.2) is 24.3 Å². The van der Waals surface area contributed by atoms with Gasteiger partial charge in [-0.05, 0) is 18.6 Å². The van der Waals surface area contributed by atoms with Crippen molar-refractivity contribution in [1.29, 1.82) is 0 Å². The summed E-state index contributed by atoms with van der Waals surface area (Å²) >= 11 is 0. The molecule has 0 aliphatic heterocycles. The lowest BCUT2D eigenvalue weighted by molar-refractivity contribution is 0.0353. The first-order chi connectivity index (χ1) is 10.8. The van der Waals surface area contributed by atoms with Crippen molar-refractivity contribution < 1.29 is 14.2 Å². The largest absolute Gasteiger partial charge is 0.489 e. The molecule has 22 heavy (non-hydrogen) atoms. The third kappa shape index (κ3) is 8.25. The maximum Gasteiger partial charge on any atom is 0.142 e. The van der Waals surface area contributed by atoms with Crippen LogP contribution in [0.3, 0.4) is 0 Å². The Morgan fingerprint density at radius 1 is 0.818 bits per heavy atom. The zero-order valence-electron chi connectivity index (χ0n) is 14.3. The first-order valence-electron chi connectivity index (χ1n) is 8.30.